The average Bonchev–Trinajstić information content (AvgIpc) is 1.97. The summed E-state index contributed by atoms with van der Waals surface area (Å²) in [7, 11) is 0. The van der Waals surface area contributed by atoms with Crippen molar-refractivity contribution in [1.82, 2.24) is 5.32 Å². The topological polar surface area (TPSA) is 42.7 Å². The lowest BCUT2D eigenvalue weighted by Crippen LogP contribution is -2.48. The Labute approximate surface area is 91.6 Å². The number of nitrogens with one attached hydrogen (secondary N) is 1. The lowest BCUT2D eigenvalue weighted by molar-refractivity contribution is -0.151. The highest BCUT2D eigenvalue weighted by Crippen LogP contribution is 2.21. The zero-order valence-corrected chi connectivity index (χ0v) is 9.18. The molecule has 1 amide bonds. The van der Waals surface area contributed by atoms with E-state index in [2.05, 4.69) is 9.58 Å². The van der Waals surface area contributed by atoms with E-state index in [-0.39, 0.29) is 0 Å². The van der Waals surface area contributed by atoms with Crippen LogP contribution in [0, 0.1) is 6.57 Å². The van der Waals surface area contributed by atoms with Crippen molar-refractivity contribution in [1.29, 1.82) is 0 Å². The SMILES string of the molecule is [C-]#[N+]CC(NC(=O)OC(C)(C)C)C(F)(F)F. The maximum Gasteiger partial charge on any atom is 0.416 e. The minimum Gasteiger partial charge on any atom is -0.444 e. The van der Waals surface area contributed by atoms with Crippen LogP contribution in [0.2, 0.25) is 0 Å². The minimum absolute atomic E-state index is 0.858. The maximum absolute atomic E-state index is 12.3. The smallest absolute Gasteiger partial charge is 0.416 e. The van der Waals surface area contributed by atoms with Gasteiger partial charge in [0.2, 0.25) is 12.6 Å². The molecule has 0 aliphatic rings. The minimum atomic E-state index is -4.65. The van der Waals surface area contributed by atoms with E-state index in [0.29, 0.717) is 0 Å². The Balaban J connectivity index is 4.43. The number of ether oxygens (including phenoxy) is 1. The predicted molar refractivity (Wildman–Crippen MR) is 50.7 cm³/mol. The van der Waals surface area contributed by atoms with E-state index in [1.54, 1.807) is 5.32 Å². The van der Waals surface area contributed by atoms with Gasteiger partial charge in [-0.05, 0) is 20.8 Å². The molecular formula is C9H13F3N2O2. The normalized spacial score (nSPS) is 13.8. The third-order valence-electron chi connectivity index (χ3n) is 1.36. The van der Waals surface area contributed by atoms with E-state index in [0.717, 1.165) is 0 Å². The summed E-state index contributed by atoms with van der Waals surface area (Å²) in [5.41, 5.74) is -0.877. The molecule has 0 spiro atoms. The zero-order chi connectivity index (χ0) is 13.0. The van der Waals surface area contributed by atoms with Crippen molar-refractivity contribution < 1.29 is 22.7 Å². The van der Waals surface area contributed by atoms with E-state index < -0.39 is 30.5 Å². The second-order valence-corrected chi connectivity index (χ2v) is 4.08. The lowest BCUT2D eigenvalue weighted by atomic mass is 10.2. The Bertz CT molecular complexity index is 289. The van der Waals surface area contributed by atoms with Gasteiger partial charge in [0, 0.05) is 0 Å². The van der Waals surface area contributed by atoms with Gasteiger partial charge in [-0.15, -0.1) is 0 Å². The number of alkyl halides is 3. The number of alkyl carbamates (subject to hydrolysis) is 1. The summed E-state index contributed by atoms with van der Waals surface area (Å²) in [6, 6.07) is -2.19. The Morgan fingerprint density at radius 2 is 1.94 bits per heavy atom. The van der Waals surface area contributed by atoms with Crippen LogP contribution in [0.3, 0.4) is 0 Å². The van der Waals surface area contributed by atoms with Crippen LogP contribution in [0.5, 0.6) is 0 Å². The van der Waals surface area contributed by atoms with Gasteiger partial charge in [-0.1, -0.05) is 0 Å². The van der Waals surface area contributed by atoms with Gasteiger partial charge in [-0.3, -0.25) is 0 Å². The van der Waals surface area contributed by atoms with Crippen molar-refractivity contribution in [2.24, 2.45) is 0 Å². The van der Waals surface area contributed by atoms with Crippen molar-refractivity contribution in [3.8, 4) is 0 Å². The standard InChI is InChI=1S/C9H13F3N2O2/c1-8(2,3)16-7(15)14-6(5-13-4)9(10,11)12/h6H,5H2,1-3H3,(H,14,15). The van der Waals surface area contributed by atoms with Crippen molar-refractivity contribution in [2.45, 2.75) is 38.6 Å². The molecule has 0 aromatic carbocycles. The van der Waals surface area contributed by atoms with Gasteiger partial charge in [0.25, 0.3) is 0 Å². The molecule has 1 N–H and O–H groups in total. The fourth-order valence-corrected chi connectivity index (χ4v) is 0.772. The molecule has 0 rings (SSSR count). The summed E-state index contributed by atoms with van der Waals surface area (Å²) < 4.78 is 41.5. The van der Waals surface area contributed by atoms with Gasteiger partial charge in [0.15, 0.2) is 0 Å². The van der Waals surface area contributed by atoms with Crippen LogP contribution < -0.4 is 5.32 Å². The first kappa shape index (κ1) is 14.6. The summed E-state index contributed by atoms with van der Waals surface area (Å²) in [4.78, 5) is 13.7. The third-order valence-corrected chi connectivity index (χ3v) is 1.36. The Morgan fingerprint density at radius 1 is 1.44 bits per heavy atom. The van der Waals surface area contributed by atoms with E-state index in [4.69, 9.17) is 6.57 Å². The number of nitrogens with zero attached hydrogens (tertiary/aromatic N) is 1. The molecule has 0 aromatic rings. The van der Waals surface area contributed by atoms with E-state index in [1.807, 2.05) is 0 Å². The Kier molecular flexibility index (Phi) is 4.60. The first-order valence-electron chi connectivity index (χ1n) is 4.45. The molecule has 1 unspecified atom stereocenters. The van der Waals surface area contributed by atoms with Crippen LogP contribution in [0.15, 0.2) is 0 Å². The molecule has 0 bridgehead atoms. The van der Waals surface area contributed by atoms with Crippen molar-refractivity contribution in [2.75, 3.05) is 6.54 Å². The maximum atomic E-state index is 12.3. The van der Waals surface area contributed by atoms with Crippen LogP contribution in [-0.2, 0) is 4.74 Å². The highest BCUT2D eigenvalue weighted by atomic mass is 19.4. The highest BCUT2D eigenvalue weighted by Gasteiger charge is 2.43. The van der Waals surface area contributed by atoms with Crippen LogP contribution in [0.4, 0.5) is 18.0 Å². The second-order valence-electron chi connectivity index (χ2n) is 4.08. The summed E-state index contributed by atoms with van der Waals surface area (Å²) in [6.07, 6.45) is -5.83. The predicted octanol–water partition coefficient (Wildman–Crippen LogP) is 2.36. The first-order chi connectivity index (χ1) is 7.06. The summed E-state index contributed by atoms with van der Waals surface area (Å²) in [5.74, 6) is 0. The molecule has 0 radical (unpaired) electrons. The quantitative estimate of drug-likeness (QED) is 0.750. The molecule has 0 heterocycles. The molecule has 0 aliphatic carbocycles. The van der Waals surface area contributed by atoms with Gasteiger partial charge in [0.05, 0.1) is 0 Å². The number of rotatable bonds is 2. The molecule has 0 fully saturated rings. The molecule has 92 valence electrons. The van der Waals surface area contributed by atoms with Crippen LogP contribution in [-0.4, -0.2) is 30.5 Å². The lowest BCUT2D eigenvalue weighted by Gasteiger charge is -2.22. The molecular weight excluding hydrogens is 225 g/mol. The Hall–Kier alpha value is -1.45. The molecule has 0 aromatic heterocycles. The largest absolute Gasteiger partial charge is 0.444 e. The van der Waals surface area contributed by atoms with Gasteiger partial charge in [0.1, 0.15) is 5.60 Å². The number of halogens is 3. The third kappa shape index (κ3) is 6.11. The summed E-state index contributed by atoms with van der Waals surface area (Å²) in [5, 5.41) is 1.61. The van der Waals surface area contributed by atoms with Crippen molar-refractivity contribution in [3.63, 3.8) is 0 Å². The van der Waals surface area contributed by atoms with E-state index in [9.17, 15) is 18.0 Å². The number of amides is 1. The molecule has 0 saturated carbocycles. The van der Waals surface area contributed by atoms with Gasteiger partial charge in [-0.2, -0.15) is 13.2 Å². The monoisotopic (exact) mass is 238 g/mol. The first-order valence-corrected chi connectivity index (χ1v) is 4.45. The van der Waals surface area contributed by atoms with E-state index >= 15 is 0 Å². The number of hydrogen-bond acceptors (Lipinski definition) is 2. The van der Waals surface area contributed by atoms with Gasteiger partial charge < -0.3 is 14.9 Å². The molecule has 0 saturated heterocycles. The van der Waals surface area contributed by atoms with E-state index in [1.165, 1.54) is 20.8 Å². The second kappa shape index (κ2) is 5.05. The average molecular weight is 238 g/mol. The van der Waals surface area contributed by atoms with Crippen LogP contribution in [0.1, 0.15) is 20.8 Å². The highest BCUT2D eigenvalue weighted by molar-refractivity contribution is 5.68. The van der Waals surface area contributed by atoms with Gasteiger partial charge in [-0.25, -0.2) is 11.4 Å². The van der Waals surface area contributed by atoms with Crippen LogP contribution in [0.25, 0.3) is 4.85 Å². The number of carbonyl (C=O) groups excluding carboxylic acids is 1. The fraction of sp³-hybridized carbons (Fsp3) is 0.778. The summed E-state index contributed by atoms with van der Waals surface area (Å²) >= 11 is 0. The number of carbonyl (C=O) groups is 1. The summed E-state index contributed by atoms with van der Waals surface area (Å²) in [6.45, 7) is 10.1. The molecule has 16 heavy (non-hydrogen) atoms. The van der Waals surface area contributed by atoms with Crippen molar-refractivity contribution >= 4 is 6.09 Å². The molecule has 0 aliphatic heterocycles. The number of hydrogen-bond donors (Lipinski definition) is 1. The molecule has 4 nitrogen and oxygen atoms in total. The zero-order valence-electron chi connectivity index (χ0n) is 9.18. The van der Waals surface area contributed by atoms with Crippen LogP contribution >= 0.6 is 0 Å². The van der Waals surface area contributed by atoms with Gasteiger partial charge >= 0.3 is 12.3 Å². The molecule has 7 heteroatoms. The van der Waals surface area contributed by atoms with Crippen molar-refractivity contribution in [3.05, 3.63) is 11.4 Å². The Morgan fingerprint density at radius 3 is 2.25 bits per heavy atom. The fourth-order valence-electron chi connectivity index (χ4n) is 0.772. The molecule has 1 atom stereocenters.